The van der Waals surface area contributed by atoms with Crippen molar-refractivity contribution in [3.05, 3.63) is 36.4 Å². The Hall–Kier alpha value is -1.89. The van der Waals surface area contributed by atoms with Gasteiger partial charge in [0.25, 0.3) is 0 Å². The van der Waals surface area contributed by atoms with Crippen molar-refractivity contribution >= 4 is 15.5 Å². The van der Waals surface area contributed by atoms with Gasteiger partial charge in [-0.25, -0.2) is 13.4 Å². The third-order valence-electron chi connectivity index (χ3n) is 2.98. The fraction of sp³-hybridized carbons (Fsp3) is 0.385. The van der Waals surface area contributed by atoms with E-state index < -0.39 is 9.84 Å². The average Bonchev–Trinajstić information content (AvgIpc) is 2.97. The fourth-order valence-corrected chi connectivity index (χ4v) is 2.67. The summed E-state index contributed by atoms with van der Waals surface area (Å²) in [6.45, 7) is 2.44. The minimum absolute atomic E-state index is 0.122. The highest BCUT2D eigenvalue weighted by molar-refractivity contribution is 7.91. The van der Waals surface area contributed by atoms with Crippen molar-refractivity contribution in [2.75, 3.05) is 17.6 Å². The molecule has 0 unspecified atom stereocenters. The molecule has 0 amide bonds. The SMILES string of the molecule is CCS(=O)(=O)c1ccc(NCCCc2ncn[nH]2)cc1. The number of sulfone groups is 1. The second-order valence-electron chi connectivity index (χ2n) is 4.39. The number of hydrogen-bond donors (Lipinski definition) is 2. The molecule has 7 heteroatoms. The Bertz CT molecular complexity index is 621. The minimum Gasteiger partial charge on any atom is -0.385 e. The summed E-state index contributed by atoms with van der Waals surface area (Å²) in [5, 5.41) is 9.84. The number of anilines is 1. The van der Waals surface area contributed by atoms with Gasteiger partial charge in [0.2, 0.25) is 0 Å². The molecule has 0 fully saturated rings. The highest BCUT2D eigenvalue weighted by Gasteiger charge is 2.10. The molecule has 1 heterocycles. The zero-order valence-corrected chi connectivity index (χ0v) is 12.2. The van der Waals surface area contributed by atoms with Crippen LogP contribution in [0.3, 0.4) is 0 Å². The van der Waals surface area contributed by atoms with Crippen LogP contribution < -0.4 is 5.32 Å². The van der Waals surface area contributed by atoms with Crippen molar-refractivity contribution in [3.63, 3.8) is 0 Å². The Morgan fingerprint density at radius 2 is 2.00 bits per heavy atom. The van der Waals surface area contributed by atoms with Crippen molar-refractivity contribution in [1.29, 1.82) is 0 Å². The van der Waals surface area contributed by atoms with Gasteiger partial charge in [0, 0.05) is 18.7 Å². The molecule has 20 heavy (non-hydrogen) atoms. The summed E-state index contributed by atoms with van der Waals surface area (Å²) >= 11 is 0. The molecule has 0 radical (unpaired) electrons. The standard InChI is InChI=1S/C13H18N4O2S/c1-2-20(18,19)12-7-5-11(6-8-12)14-9-3-4-13-15-10-16-17-13/h5-8,10,14H,2-4,9H2,1H3,(H,15,16,17). The van der Waals surface area contributed by atoms with Gasteiger partial charge >= 0.3 is 0 Å². The maximum Gasteiger partial charge on any atom is 0.178 e. The number of nitrogens with one attached hydrogen (secondary N) is 2. The van der Waals surface area contributed by atoms with E-state index in [2.05, 4.69) is 20.5 Å². The van der Waals surface area contributed by atoms with Crippen LogP contribution in [-0.2, 0) is 16.3 Å². The van der Waals surface area contributed by atoms with Gasteiger partial charge in [-0.15, -0.1) is 0 Å². The maximum absolute atomic E-state index is 11.7. The number of aromatic nitrogens is 3. The Balaban J connectivity index is 1.82. The van der Waals surface area contributed by atoms with Gasteiger partial charge in [-0.05, 0) is 30.7 Å². The molecule has 0 aliphatic carbocycles. The van der Waals surface area contributed by atoms with Gasteiger partial charge in [0.1, 0.15) is 12.2 Å². The summed E-state index contributed by atoms with van der Waals surface area (Å²) in [5.41, 5.74) is 0.914. The van der Waals surface area contributed by atoms with E-state index in [0.717, 1.165) is 30.9 Å². The van der Waals surface area contributed by atoms with Gasteiger partial charge in [0.05, 0.1) is 10.6 Å². The number of hydrogen-bond acceptors (Lipinski definition) is 5. The van der Waals surface area contributed by atoms with Crippen molar-refractivity contribution in [1.82, 2.24) is 15.2 Å². The molecule has 6 nitrogen and oxygen atoms in total. The predicted molar refractivity (Wildman–Crippen MR) is 77.4 cm³/mol. The van der Waals surface area contributed by atoms with Crippen molar-refractivity contribution in [2.24, 2.45) is 0 Å². The highest BCUT2D eigenvalue weighted by Crippen LogP contribution is 2.15. The van der Waals surface area contributed by atoms with Crippen LogP contribution in [0.4, 0.5) is 5.69 Å². The summed E-state index contributed by atoms with van der Waals surface area (Å²) in [7, 11) is -3.12. The number of aryl methyl sites for hydroxylation is 1. The first-order valence-electron chi connectivity index (χ1n) is 6.53. The van der Waals surface area contributed by atoms with Crippen LogP contribution in [0.2, 0.25) is 0 Å². The number of nitrogens with zero attached hydrogens (tertiary/aromatic N) is 2. The summed E-state index contributed by atoms with van der Waals surface area (Å²) < 4.78 is 23.3. The largest absolute Gasteiger partial charge is 0.385 e. The molecule has 108 valence electrons. The molecule has 0 spiro atoms. The molecule has 2 N–H and O–H groups in total. The minimum atomic E-state index is -3.12. The number of H-pyrrole nitrogens is 1. The Kier molecular flexibility index (Phi) is 4.73. The Morgan fingerprint density at radius 3 is 2.60 bits per heavy atom. The molecule has 1 aromatic carbocycles. The normalized spacial score (nSPS) is 11.4. The molecule has 2 aromatic rings. The van der Waals surface area contributed by atoms with Crippen LogP contribution in [0.5, 0.6) is 0 Å². The van der Waals surface area contributed by atoms with Crippen LogP contribution in [0.25, 0.3) is 0 Å². The second kappa shape index (κ2) is 6.51. The zero-order chi connectivity index (χ0) is 14.4. The summed E-state index contributed by atoms with van der Waals surface area (Å²) in [6, 6.07) is 6.85. The van der Waals surface area contributed by atoms with E-state index in [1.165, 1.54) is 6.33 Å². The van der Waals surface area contributed by atoms with Crippen molar-refractivity contribution < 1.29 is 8.42 Å². The molecular weight excluding hydrogens is 276 g/mol. The third-order valence-corrected chi connectivity index (χ3v) is 4.73. The Labute approximate surface area is 118 Å². The first-order chi connectivity index (χ1) is 9.62. The zero-order valence-electron chi connectivity index (χ0n) is 11.3. The van der Waals surface area contributed by atoms with E-state index in [4.69, 9.17) is 0 Å². The van der Waals surface area contributed by atoms with E-state index in [-0.39, 0.29) is 5.75 Å². The molecule has 0 aliphatic rings. The lowest BCUT2D eigenvalue weighted by Gasteiger charge is -2.07. The van der Waals surface area contributed by atoms with Crippen LogP contribution in [0, 0.1) is 0 Å². The highest BCUT2D eigenvalue weighted by atomic mass is 32.2. The topological polar surface area (TPSA) is 87.7 Å². The first-order valence-corrected chi connectivity index (χ1v) is 8.18. The van der Waals surface area contributed by atoms with E-state index in [9.17, 15) is 8.42 Å². The van der Waals surface area contributed by atoms with Gasteiger partial charge in [-0.1, -0.05) is 6.92 Å². The average molecular weight is 294 g/mol. The molecule has 0 aliphatic heterocycles. The van der Waals surface area contributed by atoms with E-state index in [0.29, 0.717) is 4.90 Å². The molecule has 0 saturated heterocycles. The quantitative estimate of drug-likeness (QED) is 0.758. The monoisotopic (exact) mass is 294 g/mol. The first kappa shape index (κ1) is 14.5. The van der Waals surface area contributed by atoms with Crippen LogP contribution in [0.15, 0.2) is 35.5 Å². The lowest BCUT2D eigenvalue weighted by molar-refractivity contribution is 0.597. The molecule has 2 rings (SSSR count). The van der Waals surface area contributed by atoms with Crippen molar-refractivity contribution in [3.8, 4) is 0 Å². The lowest BCUT2D eigenvalue weighted by Crippen LogP contribution is -2.05. The Morgan fingerprint density at radius 1 is 1.25 bits per heavy atom. The van der Waals surface area contributed by atoms with Crippen LogP contribution in [0.1, 0.15) is 19.2 Å². The molecule has 0 bridgehead atoms. The summed E-state index contributed by atoms with van der Waals surface area (Å²) in [4.78, 5) is 4.42. The molecule has 0 atom stereocenters. The molecular formula is C13H18N4O2S. The van der Waals surface area contributed by atoms with Gasteiger partial charge in [-0.2, -0.15) is 5.10 Å². The maximum atomic E-state index is 11.7. The number of benzene rings is 1. The van der Waals surface area contributed by atoms with E-state index >= 15 is 0 Å². The van der Waals surface area contributed by atoms with Crippen LogP contribution in [-0.4, -0.2) is 35.9 Å². The molecule has 1 aromatic heterocycles. The molecule has 0 saturated carbocycles. The third kappa shape index (κ3) is 3.80. The van der Waals surface area contributed by atoms with Gasteiger partial charge < -0.3 is 5.32 Å². The lowest BCUT2D eigenvalue weighted by atomic mass is 10.2. The van der Waals surface area contributed by atoms with Gasteiger partial charge in [0.15, 0.2) is 9.84 Å². The number of aromatic amines is 1. The summed E-state index contributed by atoms with van der Waals surface area (Å²) in [5.74, 6) is 0.993. The smallest absolute Gasteiger partial charge is 0.178 e. The number of rotatable bonds is 7. The van der Waals surface area contributed by atoms with Crippen molar-refractivity contribution in [2.45, 2.75) is 24.7 Å². The summed E-state index contributed by atoms with van der Waals surface area (Å²) in [6.07, 6.45) is 3.25. The van der Waals surface area contributed by atoms with E-state index in [1.807, 2.05) is 0 Å². The van der Waals surface area contributed by atoms with Crippen LogP contribution >= 0.6 is 0 Å². The predicted octanol–water partition coefficient (Wildman–Crippen LogP) is 1.64. The second-order valence-corrected chi connectivity index (χ2v) is 6.67. The van der Waals surface area contributed by atoms with E-state index in [1.54, 1.807) is 31.2 Å². The fourth-order valence-electron chi connectivity index (χ4n) is 1.79. The van der Waals surface area contributed by atoms with Gasteiger partial charge in [-0.3, -0.25) is 5.10 Å².